The Bertz CT molecular complexity index is 708. The van der Waals surface area contributed by atoms with Crippen LogP contribution in [0.2, 0.25) is 0 Å². The van der Waals surface area contributed by atoms with Gasteiger partial charge in [0.2, 0.25) is 9.84 Å². The summed E-state index contributed by atoms with van der Waals surface area (Å²) in [6.45, 7) is 8.52. The zero-order valence-corrected chi connectivity index (χ0v) is 15.9. The number of alkyl carbamates (subject to hydrolysis) is 1. The fourth-order valence-corrected chi connectivity index (χ4v) is 4.03. The Labute approximate surface area is 148 Å². The minimum Gasteiger partial charge on any atom is -0.444 e. The van der Waals surface area contributed by atoms with Gasteiger partial charge in [0, 0.05) is 0 Å². The molecule has 0 saturated carbocycles. The first kappa shape index (κ1) is 19.7. The molecule has 25 heavy (non-hydrogen) atoms. The van der Waals surface area contributed by atoms with Crippen molar-refractivity contribution >= 4 is 15.9 Å². The van der Waals surface area contributed by atoms with E-state index in [-0.39, 0.29) is 11.5 Å². The highest BCUT2D eigenvalue weighted by Crippen LogP contribution is 2.28. The van der Waals surface area contributed by atoms with Crippen molar-refractivity contribution in [1.82, 2.24) is 5.32 Å². The highest BCUT2D eigenvalue weighted by atomic mass is 32.2. The van der Waals surface area contributed by atoms with Gasteiger partial charge in [-0.2, -0.15) is 0 Å². The average Bonchev–Trinajstić information content (AvgIpc) is 2.83. The van der Waals surface area contributed by atoms with Gasteiger partial charge in [-0.05, 0) is 46.8 Å². The van der Waals surface area contributed by atoms with Crippen LogP contribution in [-0.4, -0.2) is 44.0 Å². The number of carbonyl (C=O) groups excluding carboxylic acids is 1. The summed E-state index contributed by atoms with van der Waals surface area (Å²) in [4.78, 5) is 12.3. The molecule has 0 radical (unpaired) electrons. The summed E-state index contributed by atoms with van der Waals surface area (Å²) in [5, 5.41) is 1.11. The first-order valence-electron chi connectivity index (χ1n) is 8.01. The van der Waals surface area contributed by atoms with Crippen LogP contribution < -0.4 is 5.32 Å². The van der Waals surface area contributed by atoms with Crippen LogP contribution >= 0.6 is 0 Å². The highest BCUT2D eigenvalue weighted by Gasteiger charge is 2.45. The Morgan fingerprint density at radius 3 is 2.36 bits per heavy atom. The maximum atomic E-state index is 13.0. The lowest BCUT2D eigenvalue weighted by Crippen LogP contribution is -2.51. The van der Waals surface area contributed by atoms with Gasteiger partial charge in [-0.15, -0.1) is 0 Å². The Morgan fingerprint density at radius 1 is 1.28 bits per heavy atom. The molecule has 0 spiro atoms. The van der Waals surface area contributed by atoms with Gasteiger partial charge in [-0.1, -0.05) is 18.2 Å². The van der Waals surface area contributed by atoms with E-state index in [1.54, 1.807) is 52.8 Å². The van der Waals surface area contributed by atoms with E-state index < -0.39 is 38.8 Å². The van der Waals surface area contributed by atoms with Crippen LogP contribution in [0.15, 0.2) is 35.2 Å². The Balaban J connectivity index is 2.31. The molecule has 1 fully saturated rings. The number of hydrogen-bond donors (Lipinski definition) is 1. The number of amides is 1. The van der Waals surface area contributed by atoms with Crippen molar-refractivity contribution in [1.29, 1.82) is 0 Å². The van der Waals surface area contributed by atoms with Crippen molar-refractivity contribution in [2.24, 2.45) is 0 Å². The van der Waals surface area contributed by atoms with Gasteiger partial charge in [0.05, 0.1) is 11.5 Å². The number of rotatable bonds is 4. The van der Waals surface area contributed by atoms with Crippen LogP contribution in [0.1, 0.15) is 34.6 Å². The van der Waals surface area contributed by atoms with Crippen molar-refractivity contribution in [3.05, 3.63) is 30.3 Å². The van der Waals surface area contributed by atoms with E-state index in [0.717, 1.165) is 0 Å². The van der Waals surface area contributed by atoms with Crippen molar-refractivity contribution in [2.45, 2.75) is 62.4 Å². The number of benzene rings is 1. The topological polar surface area (TPSA) is 90.9 Å². The maximum Gasteiger partial charge on any atom is 0.408 e. The lowest BCUT2D eigenvalue weighted by molar-refractivity contribution is -0.139. The summed E-state index contributed by atoms with van der Waals surface area (Å²) in [7, 11) is -3.90. The summed E-state index contributed by atoms with van der Waals surface area (Å²) in [6.07, 6.45) is -1.68. The van der Waals surface area contributed by atoms with E-state index in [2.05, 4.69) is 5.32 Å². The van der Waals surface area contributed by atoms with Gasteiger partial charge in [0.1, 0.15) is 11.7 Å². The van der Waals surface area contributed by atoms with E-state index in [1.165, 1.54) is 12.1 Å². The molecule has 8 heteroatoms. The van der Waals surface area contributed by atoms with E-state index >= 15 is 0 Å². The third-order valence-corrected chi connectivity index (χ3v) is 5.45. The van der Waals surface area contributed by atoms with E-state index in [4.69, 9.17) is 14.2 Å². The van der Waals surface area contributed by atoms with Crippen LogP contribution in [0, 0.1) is 0 Å². The predicted molar refractivity (Wildman–Crippen MR) is 91.7 cm³/mol. The number of ether oxygens (including phenoxy) is 3. The molecule has 140 valence electrons. The zero-order chi connectivity index (χ0) is 18.9. The molecule has 2 atom stereocenters. The minimum absolute atomic E-state index is 0.0412. The highest BCUT2D eigenvalue weighted by molar-refractivity contribution is 7.92. The van der Waals surface area contributed by atoms with Crippen molar-refractivity contribution < 1.29 is 27.4 Å². The monoisotopic (exact) mass is 371 g/mol. The molecule has 1 saturated heterocycles. The second-order valence-corrected chi connectivity index (χ2v) is 9.36. The summed E-state index contributed by atoms with van der Waals surface area (Å²) in [5.74, 6) is -0.926. The summed E-state index contributed by atoms with van der Waals surface area (Å²) < 4.78 is 42.4. The van der Waals surface area contributed by atoms with Gasteiger partial charge in [0.25, 0.3) is 0 Å². The Morgan fingerprint density at radius 2 is 1.88 bits per heavy atom. The second-order valence-electron chi connectivity index (χ2n) is 7.29. The number of nitrogens with one attached hydrogen (secondary N) is 1. The van der Waals surface area contributed by atoms with Crippen LogP contribution in [0.3, 0.4) is 0 Å². The summed E-state index contributed by atoms with van der Waals surface area (Å²) in [6, 6.07) is 7.90. The van der Waals surface area contributed by atoms with Gasteiger partial charge < -0.3 is 19.5 Å². The Hall–Kier alpha value is -1.64. The predicted octanol–water partition coefficient (Wildman–Crippen LogP) is 2.46. The quantitative estimate of drug-likeness (QED) is 0.874. The molecule has 2 rings (SSSR count). The molecule has 1 amide bonds. The van der Waals surface area contributed by atoms with E-state index in [1.807, 2.05) is 0 Å². The summed E-state index contributed by atoms with van der Waals surface area (Å²) in [5.41, 5.74) is -0.753. The fraction of sp³-hybridized carbons (Fsp3) is 0.588. The first-order valence-corrected chi connectivity index (χ1v) is 9.56. The van der Waals surface area contributed by atoms with Gasteiger partial charge in [-0.25, -0.2) is 13.2 Å². The first-order chi connectivity index (χ1) is 11.4. The molecule has 1 aromatic carbocycles. The van der Waals surface area contributed by atoms with E-state index in [9.17, 15) is 13.2 Å². The van der Waals surface area contributed by atoms with Crippen LogP contribution in [0.25, 0.3) is 0 Å². The number of hydrogen-bond acceptors (Lipinski definition) is 6. The van der Waals surface area contributed by atoms with Crippen LogP contribution in [0.5, 0.6) is 0 Å². The average molecular weight is 371 g/mol. The zero-order valence-electron chi connectivity index (χ0n) is 15.1. The second kappa shape index (κ2) is 6.93. The molecule has 0 aliphatic carbocycles. The van der Waals surface area contributed by atoms with Crippen LogP contribution in [0.4, 0.5) is 4.79 Å². The molecule has 0 aromatic heterocycles. The van der Waals surface area contributed by atoms with E-state index in [0.29, 0.717) is 0 Å². The van der Waals surface area contributed by atoms with Crippen molar-refractivity contribution in [2.75, 3.05) is 6.61 Å². The molecular formula is C17H25NO6S. The molecule has 7 nitrogen and oxygen atoms in total. The molecule has 1 N–H and O–H groups in total. The van der Waals surface area contributed by atoms with Gasteiger partial charge in [0.15, 0.2) is 11.2 Å². The summed E-state index contributed by atoms with van der Waals surface area (Å²) >= 11 is 0. The van der Waals surface area contributed by atoms with Gasteiger partial charge in [-0.3, -0.25) is 0 Å². The molecule has 0 unspecified atom stereocenters. The molecule has 1 aromatic rings. The molecule has 1 aliphatic rings. The van der Waals surface area contributed by atoms with Crippen LogP contribution in [-0.2, 0) is 24.0 Å². The molecule has 0 bridgehead atoms. The maximum absolute atomic E-state index is 13.0. The third kappa shape index (κ3) is 5.17. The smallest absolute Gasteiger partial charge is 0.408 e. The third-order valence-electron chi connectivity index (χ3n) is 3.43. The van der Waals surface area contributed by atoms with Gasteiger partial charge >= 0.3 is 6.09 Å². The lowest BCUT2D eigenvalue weighted by Gasteiger charge is -2.27. The molecular weight excluding hydrogens is 346 g/mol. The number of carbonyl (C=O) groups is 1. The normalized spacial score (nSPS) is 21.6. The largest absolute Gasteiger partial charge is 0.444 e. The van der Waals surface area contributed by atoms with Crippen molar-refractivity contribution in [3.8, 4) is 0 Å². The van der Waals surface area contributed by atoms with Crippen molar-refractivity contribution in [3.63, 3.8) is 0 Å². The number of sulfone groups is 1. The lowest BCUT2D eigenvalue weighted by atomic mass is 10.2. The fourth-order valence-electron chi connectivity index (χ4n) is 2.42. The molecule has 1 heterocycles. The Kier molecular flexibility index (Phi) is 5.46. The molecule has 1 aliphatic heterocycles. The minimum atomic E-state index is -3.90. The SMILES string of the molecule is CC(C)(C)OC(=O)N[C@@H]([C@H]1COC(C)(C)O1)S(=O)(=O)c1ccccc1. The standard InChI is InChI=1S/C17H25NO6S/c1-16(2,3)24-15(19)18-14(13-11-22-17(4,5)23-13)25(20,21)12-9-7-6-8-10-12/h6-10,13-14H,11H2,1-5H3,(H,18,19)/t13-,14-/m1/s1.